The highest BCUT2D eigenvalue weighted by Gasteiger charge is 2.21. The molecule has 0 spiro atoms. The molecule has 2 amide bonds. The molecule has 0 aliphatic carbocycles. The number of likely N-dealkylation sites (N-methyl/N-ethyl adjacent to an activating group) is 1. The van der Waals surface area contributed by atoms with Gasteiger partial charge in [-0.3, -0.25) is 14.4 Å². The number of amides is 2. The fourth-order valence-electron chi connectivity index (χ4n) is 2.79. The van der Waals surface area contributed by atoms with Gasteiger partial charge in [-0.25, -0.2) is 0 Å². The molecule has 0 aliphatic heterocycles. The molecule has 1 aromatic carbocycles. The molecule has 0 unspecified atom stereocenters. The Hall–Kier alpha value is -3.09. The van der Waals surface area contributed by atoms with Gasteiger partial charge < -0.3 is 20.6 Å². The molecule has 0 radical (unpaired) electrons. The minimum atomic E-state index is -0.517. The summed E-state index contributed by atoms with van der Waals surface area (Å²) in [6.07, 6.45) is 1.71. The molecule has 7 heteroatoms. The molecular formula is C19H22N4O3. The third kappa shape index (κ3) is 3.20. The number of carbonyl (C=O) groups excluding carboxylic acids is 2. The Bertz CT molecular complexity index is 1070. The second kappa shape index (κ2) is 6.33. The van der Waals surface area contributed by atoms with E-state index in [1.165, 1.54) is 0 Å². The molecule has 136 valence electrons. The van der Waals surface area contributed by atoms with Crippen LogP contribution in [-0.4, -0.2) is 28.8 Å². The van der Waals surface area contributed by atoms with Crippen molar-refractivity contribution in [1.82, 2.24) is 15.3 Å². The van der Waals surface area contributed by atoms with Gasteiger partial charge >= 0.3 is 0 Å². The Balaban J connectivity index is 2.17. The maximum absolute atomic E-state index is 12.3. The van der Waals surface area contributed by atoms with E-state index in [2.05, 4.69) is 20.6 Å². The van der Waals surface area contributed by atoms with Crippen LogP contribution in [-0.2, 0) is 16.0 Å². The Morgan fingerprint density at radius 1 is 1.19 bits per heavy atom. The molecule has 3 rings (SSSR count). The third-order valence-electron chi connectivity index (χ3n) is 4.29. The maximum Gasteiger partial charge on any atom is 0.272 e. The van der Waals surface area contributed by atoms with Crippen molar-refractivity contribution in [3.05, 3.63) is 40.3 Å². The normalized spacial score (nSPS) is 11.7. The number of anilines is 1. The van der Waals surface area contributed by atoms with Gasteiger partial charge in [0.2, 0.25) is 11.8 Å². The molecule has 0 fully saturated rings. The second-order valence-corrected chi connectivity index (χ2v) is 7.33. The molecule has 2 heterocycles. The highest BCUT2D eigenvalue weighted by molar-refractivity contribution is 6.11. The highest BCUT2D eigenvalue weighted by Crippen LogP contribution is 2.29. The largest absolute Gasteiger partial charge is 0.359 e. The summed E-state index contributed by atoms with van der Waals surface area (Å²) in [7, 11) is 1.57. The van der Waals surface area contributed by atoms with Gasteiger partial charge in [0.15, 0.2) is 0 Å². The molecule has 0 saturated heterocycles. The standard InChI is InChI=1S/C19H22N4O3/c1-19(2,3)18(26)22-11-5-6-13-12(8-11)15-10(7-14(24)20-4)9-21-17(25)16(15)23-13/h5-6,8-9,23H,7H2,1-4H3,(H,20,24)(H,21,25)(H,22,26). The highest BCUT2D eigenvalue weighted by atomic mass is 16.2. The summed E-state index contributed by atoms with van der Waals surface area (Å²) in [4.78, 5) is 42.0. The van der Waals surface area contributed by atoms with Crippen molar-refractivity contribution in [2.24, 2.45) is 5.41 Å². The van der Waals surface area contributed by atoms with Crippen LogP contribution >= 0.6 is 0 Å². The lowest BCUT2D eigenvalue weighted by Crippen LogP contribution is -2.27. The fraction of sp³-hybridized carbons (Fsp3) is 0.316. The van der Waals surface area contributed by atoms with Crippen molar-refractivity contribution in [3.8, 4) is 0 Å². The van der Waals surface area contributed by atoms with E-state index in [1.807, 2.05) is 32.9 Å². The van der Waals surface area contributed by atoms with E-state index in [9.17, 15) is 14.4 Å². The quantitative estimate of drug-likeness (QED) is 0.579. The van der Waals surface area contributed by atoms with Crippen LogP contribution in [0.5, 0.6) is 0 Å². The third-order valence-corrected chi connectivity index (χ3v) is 4.29. The summed E-state index contributed by atoms with van der Waals surface area (Å²) < 4.78 is 0. The van der Waals surface area contributed by atoms with Gasteiger partial charge in [-0.2, -0.15) is 0 Å². The predicted molar refractivity (Wildman–Crippen MR) is 102 cm³/mol. The smallest absolute Gasteiger partial charge is 0.272 e. The summed E-state index contributed by atoms with van der Waals surface area (Å²) in [6.45, 7) is 5.52. The van der Waals surface area contributed by atoms with Gasteiger partial charge in [0, 0.05) is 40.6 Å². The van der Waals surface area contributed by atoms with Crippen LogP contribution in [0.2, 0.25) is 0 Å². The van der Waals surface area contributed by atoms with Crippen LogP contribution in [0.15, 0.2) is 29.2 Å². The minimum Gasteiger partial charge on any atom is -0.359 e. The van der Waals surface area contributed by atoms with E-state index >= 15 is 0 Å². The molecule has 26 heavy (non-hydrogen) atoms. The molecule has 4 N–H and O–H groups in total. The van der Waals surface area contributed by atoms with Gasteiger partial charge in [-0.15, -0.1) is 0 Å². The lowest BCUT2D eigenvalue weighted by molar-refractivity contribution is -0.123. The first kappa shape index (κ1) is 17.7. The Morgan fingerprint density at radius 2 is 1.92 bits per heavy atom. The number of fused-ring (bicyclic) bond motifs is 3. The van der Waals surface area contributed by atoms with Crippen molar-refractivity contribution in [2.45, 2.75) is 27.2 Å². The van der Waals surface area contributed by atoms with Crippen molar-refractivity contribution < 1.29 is 9.59 Å². The number of nitrogens with one attached hydrogen (secondary N) is 4. The van der Waals surface area contributed by atoms with Gasteiger partial charge in [0.25, 0.3) is 5.56 Å². The number of hydrogen-bond donors (Lipinski definition) is 4. The van der Waals surface area contributed by atoms with Gasteiger partial charge in [-0.05, 0) is 23.8 Å². The fourth-order valence-corrected chi connectivity index (χ4v) is 2.79. The average molecular weight is 354 g/mol. The average Bonchev–Trinajstić information content (AvgIpc) is 2.96. The van der Waals surface area contributed by atoms with Crippen LogP contribution in [0, 0.1) is 5.41 Å². The zero-order valence-corrected chi connectivity index (χ0v) is 15.2. The van der Waals surface area contributed by atoms with E-state index in [0.29, 0.717) is 22.2 Å². The number of carbonyl (C=O) groups is 2. The van der Waals surface area contributed by atoms with Gasteiger partial charge in [-0.1, -0.05) is 20.8 Å². The molecule has 0 atom stereocenters. The second-order valence-electron chi connectivity index (χ2n) is 7.33. The number of aromatic amines is 2. The SMILES string of the molecule is CNC(=O)Cc1c[nH]c(=O)c2[nH]c3ccc(NC(=O)C(C)(C)C)cc3c12. The van der Waals surface area contributed by atoms with E-state index < -0.39 is 5.41 Å². The first-order valence-corrected chi connectivity index (χ1v) is 8.38. The number of hydrogen-bond acceptors (Lipinski definition) is 3. The number of rotatable bonds is 3. The zero-order valence-electron chi connectivity index (χ0n) is 15.2. The summed E-state index contributed by atoms with van der Waals surface area (Å²) in [5.74, 6) is -0.245. The predicted octanol–water partition coefficient (Wildman–Crippen LogP) is 2.28. The van der Waals surface area contributed by atoms with Crippen molar-refractivity contribution in [2.75, 3.05) is 12.4 Å². The monoisotopic (exact) mass is 354 g/mol. The topological polar surface area (TPSA) is 107 Å². The molecule has 0 saturated carbocycles. The van der Waals surface area contributed by atoms with Crippen molar-refractivity contribution in [3.63, 3.8) is 0 Å². The lowest BCUT2D eigenvalue weighted by Gasteiger charge is -2.17. The number of aromatic nitrogens is 2. The van der Waals surface area contributed by atoms with E-state index in [0.717, 1.165) is 10.9 Å². The van der Waals surface area contributed by atoms with Crippen molar-refractivity contribution >= 4 is 39.3 Å². The van der Waals surface area contributed by atoms with Crippen LogP contribution in [0.25, 0.3) is 21.8 Å². The molecule has 7 nitrogen and oxygen atoms in total. The Labute approximate surface area is 150 Å². The van der Waals surface area contributed by atoms with E-state index in [4.69, 9.17) is 0 Å². The molecule has 0 bridgehead atoms. The van der Waals surface area contributed by atoms with Gasteiger partial charge in [0.05, 0.1) is 6.42 Å². The first-order valence-electron chi connectivity index (χ1n) is 8.38. The summed E-state index contributed by atoms with van der Waals surface area (Å²) in [6, 6.07) is 5.43. The van der Waals surface area contributed by atoms with Crippen LogP contribution in [0.3, 0.4) is 0 Å². The Morgan fingerprint density at radius 3 is 2.58 bits per heavy atom. The Kier molecular flexibility index (Phi) is 4.31. The first-order chi connectivity index (χ1) is 12.2. The number of H-pyrrole nitrogens is 2. The van der Waals surface area contributed by atoms with Crippen molar-refractivity contribution in [1.29, 1.82) is 0 Å². The molecule has 2 aromatic heterocycles. The van der Waals surface area contributed by atoms with Crippen LogP contribution < -0.4 is 16.2 Å². The molecule has 3 aromatic rings. The van der Waals surface area contributed by atoms with Crippen LogP contribution in [0.1, 0.15) is 26.3 Å². The minimum absolute atomic E-state index is 0.0971. The lowest BCUT2D eigenvalue weighted by atomic mass is 9.95. The summed E-state index contributed by atoms with van der Waals surface area (Å²) in [5.41, 5.74) is 1.77. The number of benzene rings is 1. The molecule has 0 aliphatic rings. The van der Waals surface area contributed by atoms with E-state index in [-0.39, 0.29) is 23.8 Å². The summed E-state index contributed by atoms with van der Waals surface area (Å²) >= 11 is 0. The van der Waals surface area contributed by atoms with Gasteiger partial charge in [0.1, 0.15) is 5.52 Å². The molecular weight excluding hydrogens is 332 g/mol. The maximum atomic E-state index is 12.3. The van der Waals surface area contributed by atoms with Crippen LogP contribution in [0.4, 0.5) is 5.69 Å². The zero-order chi connectivity index (χ0) is 19.1. The van der Waals surface area contributed by atoms with E-state index in [1.54, 1.807) is 19.3 Å². The number of pyridine rings is 1. The summed E-state index contributed by atoms with van der Waals surface area (Å²) in [5, 5.41) is 6.97.